The number of hydrogen-bond acceptors (Lipinski definition) is 10. The van der Waals surface area contributed by atoms with Crippen LogP contribution in [0.15, 0.2) is 146 Å². The Hall–Kier alpha value is -4.35. The Bertz CT molecular complexity index is 3010. The Labute approximate surface area is 385 Å². The molecule has 1 aliphatic rings. The van der Waals surface area contributed by atoms with Gasteiger partial charge in [0.05, 0.1) is 31.1 Å². The van der Waals surface area contributed by atoms with Gasteiger partial charge in [-0.05, 0) is 102 Å². The van der Waals surface area contributed by atoms with Crippen LogP contribution in [0.1, 0.15) is 34.2 Å². The van der Waals surface area contributed by atoms with Crippen LogP contribution >= 0.6 is 0 Å². The third kappa shape index (κ3) is 11.6. The minimum Gasteiger partial charge on any atom is -0.207 e. The van der Waals surface area contributed by atoms with Crippen molar-refractivity contribution >= 4 is 50.1 Å². The number of aryl methyl sites for hydroxylation is 5. The van der Waals surface area contributed by atoms with Crippen LogP contribution in [0.2, 0.25) is 0 Å². The van der Waals surface area contributed by atoms with E-state index in [1.807, 2.05) is 0 Å². The Kier molecular flexibility index (Phi) is 15.6. The van der Waals surface area contributed by atoms with Crippen molar-refractivity contribution in [1.82, 2.24) is 21.5 Å². The Morgan fingerprint density at radius 3 is 0.646 bits per heavy atom. The van der Waals surface area contributed by atoms with Crippen molar-refractivity contribution in [2.24, 2.45) is 0 Å². The van der Waals surface area contributed by atoms with Gasteiger partial charge in [0.25, 0.3) is 0 Å². The van der Waals surface area contributed by atoms with Gasteiger partial charge in [0, 0.05) is 52.4 Å². The summed E-state index contributed by atoms with van der Waals surface area (Å²) in [6, 6.07) is 30.0. The van der Waals surface area contributed by atoms with Crippen molar-refractivity contribution in [2.75, 3.05) is 59.0 Å². The zero-order valence-electron chi connectivity index (χ0n) is 37.0. The normalized spacial score (nSPS) is 17.3. The first kappa shape index (κ1) is 50.1. The lowest BCUT2D eigenvalue weighted by Gasteiger charge is -2.32. The van der Waals surface area contributed by atoms with E-state index in [4.69, 9.17) is 0 Å². The summed E-state index contributed by atoms with van der Waals surface area (Å²) in [5.41, 5.74) is 3.88. The topological polar surface area (TPSA) is 187 Å². The van der Waals surface area contributed by atoms with Crippen molar-refractivity contribution in [3.8, 4) is 0 Å². The molecule has 1 heterocycles. The summed E-state index contributed by atoms with van der Waals surface area (Å²) in [6.45, 7) is 4.58. The van der Waals surface area contributed by atoms with E-state index >= 15 is 0 Å². The highest BCUT2D eigenvalue weighted by Gasteiger charge is 2.37. The molecule has 1 aliphatic heterocycles. The van der Waals surface area contributed by atoms with Crippen molar-refractivity contribution in [2.45, 2.75) is 65.5 Å². The van der Waals surface area contributed by atoms with Crippen LogP contribution in [0, 0.1) is 34.6 Å². The Morgan fingerprint density at radius 2 is 0.431 bits per heavy atom. The minimum absolute atomic E-state index is 0.0644. The maximum atomic E-state index is 14.8. The molecule has 5 aromatic rings. The second kappa shape index (κ2) is 20.3. The molecule has 350 valence electrons. The minimum atomic E-state index is -4.61. The lowest BCUT2D eigenvalue weighted by atomic mass is 10.2. The van der Waals surface area contributed by atoms with E-state index in [1.165, 1.54) is 60.7 Å². The summed E-state index contributed by atoms with van der Waals surface area (Å²) in [4.78, 5) is -0.644. The fraction of sp³-hybridized carbons (Fsp3) is 0.333. The van der Waals surface area contributed by atoms with Crippen LogP contribution in [-0.2, 0) is 50.1 Å². The molecule has 1 fully saturated rings. The number of nitrogens with zero attached hydrogens (tertiary/aromatic N) is 5. The first-order valence-electron chi connectivity index (χ1n) is 20.9. The van der Waals surface area contributed by atoms with Crippen LogP contribution in [0.25, 0.3) is 0 Å². The standard InChI is InChI=1S/C45H55N5O10S5/c1-36-7-17-41(18-8-36)61(51,52)46-27-6-28-47(62(53,54)42-19-9-37(2)10-20-42)31-33-49(64(57,58)44-23-13-39(4)14-24-44)35-50(65(59,60)45-25-15-40(5)16-26-45)34-32-48(30-29-46)63(55,56)43-21-11-38(3)12-22-43/h7-26H,6,27-35H2,1-5H3. The van der Waals surface area contributed by atoms with Crippen LogP contribution in [0.4, 0.5) is 0 Å². The maximum absolute atomic E-state index is 14.8. The maximum Gasteiger partial charge on any atom is 0.244 e. The molecule has 0 radical (unpaired) electrons. The second-order valence-electron chi connectivity index (χ2n) is 16.1. The molecule has 6 rings (SSSR count). The molecule has 0 unspecified atom stereocenters. The Balaban J connectivity index is 1.53. The fourth-order valence-corrected chi connectivity index (χ4v) is 14.4. The SMILES string of the molecule is Cc1ccc(S(=O)(=O)N2CCCN(S(=O)(=O)c3ccc(C)cc3)CCN(S(=O)(=O)c3ccc(C)cc3)CN(S(=O)(=O)c3ccc(C)cc3)CCN(S(=O)(=O)c3ccc(C)cc3)CC2)cc1. The largest absolute Gasteiger partial charge is 0.244 e. The van der Waals surface area contributed by atoms with Gasteiger partial charge in [0.1, 0.15) is 0 Å². The lowest BCUT2D eigenvalue weighted by molar-refractivity contribution is 0.256. The number of benzene rings is 5. The molecule has 0 saturated carbocycles. The van der Waals surface area contributed by atoms with Gasteiger partial charge in [0.2, 0.25) is 50.1 Å². The van der Waals surface area contributed by atoms with E-state index in [0.29, 0.717) is 0 Å². The van der Waals surface area contributed by atoms with Crippen LogP contribution in [-0.4, -0.2) is 123 Å². The fourth-order valence-electron chi connectivity index (χ4n) is 7.16. The smallest absolute Gasteiger partial charge is 0.207 e. The predicted molar refractivity (Wildman–Crippen MR) is 249 cm³/mol. The average Bonchev–Trinajstić information content (AvgIpc) is 3.26. The molecule has 0 aromatic heterocycles. The van der Waals surface area contributed by atoms with Gasteiger partial charge < -0.3 is 0 Å². The number of rotatable bonds is 10. The van der Waals surface area contributed by atoms with Crippen LogP contribution < -0.4 is 0 Å². The van der Waals surface area contributed by atoms with Crippen LogP contribution in [0.5, 0.6) is 0 Å². The number of hydrogen-bond donors (Lipinski definition) is 0. The summed E-state index contributed by atoms with van der Waals surface area (Å²) < 4.78 is 151. The van der Waals surface area contributed by atoms with Crippen molar-refractivity contribution < 1.29 is 42.1 Å². The highest BCUT2D eigenvalue weighted by atomic mass is 32.2. The third-order valence-electron chi connectivity index (χ3n) is 11.2. The van der Waals surface area contributed by atoms with E-state index in [0.717, 1.165) is 49.3 Å². The molecule has 0 amide bonds. The van der Waals surface area contributed by atoms with E-state index in [-0.39, 0.29) is 44.0 Å². The summed E-state index contributed by atoms with van der Waals surface area (Å²) >= 11 is 0. The first-order valence-corrected chi connectivity index (χ1v) is 28.1. The lowest BCUT2D eigenvalue weighted by Crippen LogP contribution is -2.50. The molecular formula is C45H55N5O10S5. The molecule has 0 atom stereocenters. The second-order valence-corrected chi connectivity index (χ2v) is 25.8. The van der Waals surface area contributed by atoms with E-state index in [2.05, 4.69) is 0 Å². The molecule has 65 heavy (non-hydrogen) atoms. The predicted octanol–water partition coefficient (Wildman–Crippen LogP) is 5.34. The van der Waals surface area contributed by atoms with E-state index in [1.54, 1.807) is 95.3 Å². The highest BCUT2D eigenvalue weighted by molar-refractivity contribution is 7.90. The zero-order valence-corrected chi connectivity index (χ0v) is 41.1. The molecular weight excluding hydrogens is 931 g/mol. The van der Waals surface area contributed by atoms with Gasteiger partial charge in [-0.25, -0.2) is 42.1 Å². The van der Waals surface area contributed by atoms with E-state index < -0.39 is 96.1 Å². The van der Waals surface area contributed by atoms with Crippen molar-refractivity contribution in [3.05, 3.63) is 149 Å². The van der Waals surface area contributed by atoms with Gasteiger partial charge in [0.15, 0.2) is 0 Å². The van der Waals surface area contributed by atoms with Gasteiger partial charge in [-0.1, -0.05) is 88.5 Å². The van der Waals surface area contributed by atoms with Gasteiger partial charge >= 0.3 is 0 Å². The molecule has 1 saturated heterocycles. The zero-order chi connectivity index (χ0) is 47.4. The quantitative estimate of drug-likeness (QED) is 0.177. The molecule has 0 N–H and O–H groups in total. The van der Waals surface area contributed by atoms with Crippen LogP contribution in [0.3, 0.4) is 0 Å². The third-order valence-corrected chi connectivity index (χ3v) is 20.7. The van der Waals surface area contributed by atoms with E-state index in [9.17, 15) is 42.1 Å². The van der Waals surface area contributed by atoms with Gasteiger partial charge in [-0.3, -0.25) is 0 Å². The molecule has 20 heteroatoms. The monoisotopic (exact) mass is 985 g/mol. The molecule has 0 bridgehead atoms. The molecule has 15 nitrogen and oxygen atoms in total. The summed E-state index contributed by atoms with van der Waals surface area (Å²) in [7, 11) is -22.3. The van der Waals surface area contributed by atoms with Gasteiger partial charge in [-0.15, -0.1) is 0 Å². The summed E-state index contributed by atoms with van der Waals surface area (Å²) in [6.07, 6.45) is -0.0838. The summed E-state index contributed by atoms with van der Waals surface area (Å²) in [5.74, 6) is 0. The van der Waals surface area contributed by atoms with Crippen molar-refractivity contribution in [3.63, 3.8) is 0 Å². The van der Waals surface area contributed by atoms with Gasteiger partial charge in [-0.2, -0.15) is 21.5 Å². The Morgan fingerprint density at radius 1 is 0.262 bits per heavy atom. The summed E-state index contributed by atoms with van der Waals surface area (Å²) in [5, 5.41) is 0. The molecule has 0 aliphatic carbocycles. The first-order chi connectivity index (χ1) is 30.5. The van der Waals surface area contributed by atoms with Crippen molar-refractivity contribution in [1.29, 1.82) is 0 Å². The molecule has 5 aromatic carbocycles. The number of sulfonamides is 5. The molecule has 0 spiro atoms. The average molecular weight is 986 g/mol. The highest BCUT2D eigenvalue weighted by Crippen LogP contribution is 2.26.